The van der Waals surface area contributed by atoms with E-state index in [1.165, 1.54) is 29.3 Å². The van der Waals surface area contributed by atoms with Crippen LogP contribution in [-0.2, 0) is 10.5 Å². The second-order valence-corrected chi connectivity index (χ2v) is 9.89. The smallest absolute Gasteiger partial charge is 0.323 e. The molecule has 0 spiro atoms. The Labute approximate surface area is 197 Å². The maximum absolute atomic E-state index is 12.2. The van der Waals surface area contributed by atoms with E-state index in [0.29, 0.717) is 17.2 Å². The Bertz CT molecular complexity index is 1040. The van der Waals surface area contributed by atoms with Crippen LogP contribution in [0, 0.1) is 0 Å². The molecule has 162 valence electrons. The number of ether oxygens (including phenoxy) is 1. The van der Waals surface area contributed by atoms with Crippen LogP contribution in [0.1, 0.15) is 18.1 Å². The van der Waals surface area contributed by atoms with Crippen LogP contribution in [0.4, 0.5) is 0 Å². The number of aromatic nitrogens is 2. The molecule has 3 aromatic rings. The number of carbonyl (C=O) groups is 1. The zero-order valence-electron chi connectivity index (χ0n) is 16.5. The van der Waals surface area contributed by atoms with Crippen molar-refractivity contribution in [1.82, 2.24) is 10.5 Å². The second kappa shape index (κ2) is 11.9. The van der Waals surface area contributed by atoms with E-state index in [9.17, 15) is 9.90 Å². The fraction of sp³-hybridized carbons (Fsp3) is 0.200. The lowest BCUT2D eigenvalue weighted by Crippen LogP contribution is -2.19. The quantitative estimate of drug-likeness (QED) is 0.262. The van der Waals surface area contributed by atoms with Crippen molar-refractivity contribution < 1.29 is 19.7 Å². The average Bonchev–Trinajstić information content (AvgIpc) is 3.22. The highest BCUT2D eigenvalue weighted by Crippen LogP contribution is 2.29. The van der Waals surface area contributed by atoms with E-state index in [1.54, 1.807) is 36.9 Å². The number of hydrogen-bond acceptors (Lipinski definition) is 8. The molecule has 0 bridgehead atoms. The summed E-state index contributed by atoms with van der Waals surface area (Å²) < 4.78 is 6.97. The minimum atomic E-state index is -0.291. The molecule has 0 saturated carbocycles. The summed E-state index contributed by atoms with van der Waals surface area (Å²) in [6, 6.07) is 12.6. The van der Waals surface area contributed by atoms with Gasteiger partial charge in [-0.25, -0.2) is 5.43 Å². The molecule has 2 N–H and O–H groups in total. The number of hydrogen-bond donors (Lipinski definition) is 1. The summed E-state index contributed by atoms with van der Waals surface area (Å²) in [6.07, 6.45) is 1.32. The second-order valence-electron chi connectivity index (χ2n) is 5.98. The maximum Gasteiger partial charge on any atom is 0.323 e. The van der Waals surface area contributed by atoms with Crippen molar-refractivity contribution in [3.63, 3.8) is 0 Å². The van der Waals surface area contributed by atoms with Crippen molar-refractivity contribution in [1.29, 1.82) is 0 Å². The van der Waals surface area contributed by atoms with Gasteiger partial charge in [0.05, 0.1) is 18.6 Å². The van der Waals surface area contributed by atoms with E-state index < -0.39 is 0 Å². The van der Waals surface area contributed by atoms with Crippen LogP contribution < -0.4 is 20.4 Å². The predicted molar refractivity (Wildman–Crippen MR) is 123 cm³/mol. The van der Waals surface area contributed by atoms with E-state index in [-0.39, 0.29) is 23.2 Å². The van der Waals surface area contributed by atoms with Crippen LogP contribution >= 0.6 is 46.5 Å². The van der Waals surface area contributed by atoms with Crippen LogP contribution in [0.2, 0.25) is 5.02 Å². The van der Waals surface area contributed by atoms with Crippen molar-refractivity contribution in [2.45, 2.75) is 21.4 Å². The van der Waals surface area contributed by atoms with Crippen molar-refractivity contribution >= 4 is 58.6 Å². The summed E-state index contributed by atoms with van der Waals surface area (Å²) in [5, 5.41) is 23.9. The van der Waals surface area contributed by atoms with Crippen LogP contribution in [0.25, 0.3) is 0 Å². The number of nitrogens with zero attached hydrogens (tertiary/aromatic N) is 2. The number of benzene rings is 2. The van der Waals surface area contributed by atoms with Gasteiger partial charge in [0, 0.05) is 15.9 Å². The molecule has 1 aromatic heterocycles. The van der Waals surface area contributed by atoms with E-state index in [0.717, 1.165) is 20.0 Å². The molecule has 2 aromatic carbocycles. The van der Waals surface area contributed by atoms with Crippen molar-refractivity contribution in [2.75, 3.05) is 12.4 Å². The number of para-hydroxylation sites is 1. The predicted octanol–water partition coefficient (Wildman–Crippen LogP) is 3.62. The molecule has 0 fully saturated rings. The first kappa shape index (κ1) is 23.4. The van der Waals surface area contributed by atoms with Gasteiger partial charge < -0.3 is 9.84 Å². The number of aromatic amines is 1. The molecule has 11 heteroatoms. The van der Waals surface area contributed by atoms with Crippen molar-refractivity contribution in [3.8, 4) is 11.5 Å². The number of rotatable bonds is 10. The molecule has 0 atom stereocenters. The fourth-order valence-corrected chi connectivity index (χ4v) is 5.27. The molecule has 0 radical (unpaired) electrons. The zero-order valence-corrected chi connectivity index (χ0v) is 19.7. The monoisotopic (exact) mass is 494 g/mol. The van der Waals surface area contributed by atoms with Crippen LogP contribution in [0.15, 0.2) is 56.2 Å². The Hall–Kier alpha value is -2.27. The third-order valence-electron chi connectivity index (χ3n) is 3.73. The molecule has 1 amide bonds. The van der Waals surface area contributed by atoms with Crippen molar-refractivity contribution in [2.24, 2.45) is 5.10 Å². The maximum atomic E-state index is 12.2. The summed E-state index contributed by atoms with van der Waals surface area (Å²) >= 11 is 10.3. The van der Waals surface area contributed by atoms with Gasteiger partial charge in [0.2, 0.25) is 4.34 Å². The number of thioether (sulfide) groups is 2. The number of amides is 1. The van der Waals surface area contributed by atoms with Crippen LogP contribution in [-0.4, -0.2) is 29.6 Å². The largest absolute Gasteiger partial charge is 0.870 e. The molecule has 0 aliphatic heterocycles. The Morgan fingerprint density at radius 3 is 2.90 bits per heavy atom. The molecular weight excluding hydrogens is 476 g/mol. The average molecular weight is 495 g/mol. The summed E-state index contributed by atoms with van der Waals surface area (Å²) in [7, 11) is 0. The molecule has 31 heavy (non-hydrogen) atoms. The molecule has 0 saturated heterocycles. The Kier molecular flexibility index (Phi) is 9.01. The molecule has 0 aliphatic rings. The number of carbonyl (C=O) groups excluding carboxylic acids is 1. The fourth-order valence-electron chi connectivity index (χ4n) is 2.31. The molecule has 0 aliphatic carbocycles. The van der Waals surface area contributed by atoms with Gasteiger partial charge in [-0.05, 0) is 59.3 Å². The SMILES string of the molecule is CCOc1cccc(C=NNC(=O)CSc2n[nH+]c(SCc3ccc(Cl)cc3)s2)c1[O-]. The standard InChI is InChI=1S/C20H19ClN4O3S3/c1-2-28-16-5-3-4-14(18(16)27)10-22-23-17(26)12-30-20-25-24-19(31-20)29-11-13-6-8-15(21)9-7-13/h3-10,27H,2,11-12H2,1H3,(H,23,26). The molecule has 0 unspecified atom stereocenters. The van der Waals surface area contributed by atoms with Gasteiger partial charge in [-0.3, -0.25) is 4.79 Å². The van der Waals surface area contributed by atoms with Gasteiger partial charge in [-0.1, -0.05) is 58.5 Å². The minimum absolute atomic E-state index is 0.156. The highest BCUT2D eigenvalue weighted by atomic mass is 35.5. The highest BCUT2D eigenvalue weighted by Gasteiger charge is 2.13. The van der Waals surface area contributed by atoms with Gasteiger partial charge in [0.1, 0.15) is 5.75 Å². The first-order chi connectivity index (χ1) is 15.0. The topological polar surface area (TPSA) is 101 Å². The first-order valence-corrected chi connectivity index (χ1v) is 12.3. The Morgan fingerprint density at radius 2 is 2.13 bits per heavy atom. The van der Waals surface area contributed by atoms with E-state index in [1.807, 2.05) is 24.3 Å². The van der Waals surface area contributed by atoms with Gasteiger partial charge in [-0.15, -0.1) is 0 Å². The summed E-state index contributed by atoms with van der Waals surface area (Å²) in [5.74, 6) is 0.655. The summed E-state index contributed by atoms with van der Waals surface area (Å²) in [4.78, 5) is 12.0. The molecule has 1 heterocycles. The lowest BCUT2D eigenvalue weighted by Gasteiger charge is -2.15. The summed E-state index contributed by atoms with van der Waals surface area (Å²) in [5.41, 5.74) is 3.92. The third-order valence-corrected chi connectivity index (χ3v) is 7.31. The zero-order chi connectivity index (χ0) is 22.1. The first-order valence-electron chi connectivity index (χ1n) is 9.18. The van der Waals surface area contributed by atoms with E-state index in [2.05, 4.69) is 20.7 Å². The van der Waals surface area contributed by atoms with E-state index in [4.69, 9.17) is 16.3 Å². The Balaban J connectivity index is 1.43. The number of H-pyrrole nitrogens is 1. The van der Waals surface area contributed by atoms with Gasteiger partial charge in [0.25, 0.3) is 5.91 Å². The Morgan fingerprint density at radius 1 is 1.32 bits per heavy atom. The van der Waals surface area contributed by atoms with Crippen molar-refractivity contribution in [3.05, 3.63) is 58.6 Å². The lowest BCUT2D eigenvalue weighted by atomic mass is 10.2. The number of nitrogens with one attached hydrogen (secondary N) is 2. The van der Waals surface area contributed by atoms with Gasteiger partial charge in [-0.2, -0.15) is 5.10 Å². The molecule has 3 rings (SSSR count). The summed E-state index contributed by atoms with van der Waals surface area (Å²) in [6.45, 7) is 2.21. The molecular formula is C20H19ClN4O3S3. The number of hydrazone groups is 1. The molecule has 7 nitrogen and oxygen atoms in total. The van der Waals surface area contributed by atoms with Crippen LogP contribution in [0.3, 0.4) is 0 Å². The lowest BCUT2D eigenvalue weighted by molar-refractivity contribution is -0.492. The minimum Gasteiger partial charge on any atom is -0.870 e. The third kappa shape index (κ3) is 7.42. The number of halogens is 1. The highest BCUT2D eigenvalue weighted by molar-refractivity contribution is 8.03. The van der Waals surface area contributed by atoms with Crippen LogP contribution in [0.5, 0.6) is 11.5 Å². The van der Waals surface area contributed by atoms with Gasteiger partial charge >= 0.3 is 4.34 Å². The van der Waals surface area contributed by atoms with Gasteiger partial charge in [0.15, 0.2) is 0 Å². The van der Waals surface area contributed by atoms with E-state index >= 15 is 0 Å². The normalized spacial score (nSPS) is 11.0.